The smallest absolute Gasteiger partial charge is 0.456 e. The van der Waals surface area contributed by atoms with E-state index in [1.54, 1.807) is 27.7 Å². The Balaban J connectivity index is 1.99. The van der Waals surface area contributed by atoms with E-state index in [1.165, 1.54) is 0 Å². The Morgan fingerprint density at radius 3 is 2.16 bits per heavy atom. The summed E-state index contributed by atoms with van der Waals surface area (Å²) >= 11 is 0. The second kappa shape index (κ2) is 7.64. The summed E-state index contributed by atoms with van der Waals surface area (Å²) in [7, 11) is -2.37. The lowest BCUT2D eigenvalue weighted by Crippen LogP contribution is -2.65. The van der Waals surface area contributed by atoms with E-state index in [4.69, 9.17) is 23.4 Å². The molecule has 2 saturated heterocycles. The first-order valence-electron chi connectivity index (χ1n) is 10.8. The monoisotopic (exact) mass is 484 g/mol. The summed E-state index contributed by atoms with van der Waals surface area (Å²) in [6, 6.07) is 0. The Hall–Kier alpha value is -0.723. The molecule has 0 radical (unpaired) electrons. The summed E-state index contributed by atoms with van der Waals surface area (Å²) in [6.07, 6.45) is -7.50. The maximum absolute atomic E-state index is 12.8. The van der Waals surface area contributed by atoms with Gasteiger partial charge in [0.05, 0.1) is 6.10 Å². The zero-order valence-electron chi connectivity index (χ0n) is 20.2. The molecule has 0 unspecified atom stereocenters. The normalized spacial score (nSPS) is 36.5. The minimum Gasteiger partial charge on any atom is -0.456 e. The van der Waals surface area contributed by atoms with Gasteiger partial charge in [-0.3, -0.25) is 0 Å². The molecule has 186 valence electrons. The molecule has 2 heterocycles. The third-order valence-corrected chi connectivity index (χ3v) is 11.2. The average molecular weight is 485 g/mol. The Kier molecular flexibility index (Phi) is 6.18. The summed E-state index contributed by atoms with van der Waals surface area (Å²) < 4.78 is 74.5. The van der Waals surface area contributed by atoms with E-state index in [9.17, 15) is 18.0 Å². The highest BCUT2D eigenvalue weighted by Crippen LogP contribution is 2.52. The molecular formula is C21H35F3O7Si. The molecule has 11 heteroatoms. The minimum absolute atomic E-state index is 0.137. The number of alkyl halides is 3. The van der Waals surface area contributed by atoms with Crippen molar-refractivity contribution >= 4 is 14.3 Å². The first kappa shape index (κ1) is 25.9. The zero-order valence-corrected chi connectivity index (χ0v) is 21.2. The van der Waals surface area contributed by atoms with Crippen molar-refractivity contribution in [2.24, 2.45) is 0 Å². The van der Waals surface area contributed by atoms with Crippen LogP contribution in [0.25, 0.3) is 0 Å². The largest absolute Gasteiger partial charge is 0.490 e. The lowest BCUT2D eigenvalue weighted by atomic mass is 9.77. The van der Waals surface area contributed by atoms with Gasteiger partial charge in [-0.05, 0) is 45.8 Å². The molecule has 32 heavy (non-hydrogen) atoms. The first-order valence-corrected chi connectivity index (χ1v) is 13.7. The fourth-order valence-corrected chi connectivity index (χ4v) is 5.70. The lowest BCUT2D eigenvalue weighted by Gasteiger charge is -2.49. The van der Waals surface area contributed by atoms with Crippen molar-refractivity contribution in [3.05, 3.63) is 0 Å². The second-order valence-electron chi connectivity index (χ2n) is 11.4. The van der Waals surface area contributed by atoms with Crippen LogP contribution in [0.3, 0.4) is 0 Å². The molecule has 0 bridgehead atoms. The van der Waals surface area contributed by atoms with Gasteiger partial charge in [0.25, 0.3) is 0 Å². The minimum atomic E-state index is -5.11. The van der Waals surface area contributed by atoms with Gasteiger partial charge in [-0.1, -0.05) is 20.8 Å². The Morgan fingerprint density at radius 2 is 1.62 bits per heavy atom. The summed E-state index contributed by atoms with van der Waals surface area (Å²) in [5.41, 5.74) is -1.37. The number of rotatable bonds is 4. The number of fused-ring (bicyclic) bond motifs is 2. The zero-order chi connectivity index (χ0) is 24.5. The maximum atomic E-state index is 12.8. The van der Waals surface area contributed by atoms with Crippen molar-refractivity contribution < 1.29 is 46.1 Å². The number of hydrogen-bond acceptors (Lipinski definition) is 7. The van der Waals surface area contributed by atoms with Crippen LogP contribution >= 0.6 is 0 Å². The number of ether oxygens (including phenoxy) is 5. The molecule has 0 aromatic rings. The van der Waals surface area contributed by atoms with Gasteiger partial charge in [0.2, 0.25) is 0 Å². The predicted molar refractivity (Wildman–Crippen MR) is 110 cm³/mol. The summed E-state index contributed by atoms with van der Waals surface area (Å²) in [5.74, 6) is -4.31. The van der Waals surface area contributed by atoms with Crippen molar-refractivity contribution in [1.29, 1.82) is 0 Å². The van der Waals surface area contributed by atoms with Crippen LogP contribution in [0.4, 0.5) is 13.2 Å². The van der Waals surface area contributed by atoms with Crippen LogP contribution in [-0.4, -0.2) is 68.7 Å². The molecule has 3 rings (SSSR count). The van der Waals surface area contributed by atoms with Gasteiger partial charge >= 0.3 is 12.1 Å². The third kappa shape index (κ3) is 4.88. The summed E-state index contributed by atoms with van der Waals surface area (Å²) in [5, 5.41) is -0.144. The van der Waals surface area contributed by atoms with Crippen LogP contribution < -0.4 is 0 Å². The molecule has 5 atom stereocenters. The quantitative estimate of drug-likeness (QED) is 0.435. The van der Waals surface area contributed by atoms with Crippen molar-refractivity contribution in [1.82, 2.24) is 0 Å². The van der Waals surface area contributed by atoms with Crippen LogP contribution in [0.15, 0.2) is 0 Å². The highest BCUT2D eigenvalue weighted by atomic mass is 28.4. The molecule has 0 N–H and O–H groups in total. The molecule has 7 nitrogen and oxygen atoms in total. The first-order chi connectivity index (χ1) is 14.2. The molecule has 1 aliphatic carbocycles. The number of hydrogen-bond donors (Lipinski definition) is 0. The van der Waals surface area contributed by atoms with E-state index in [1.807, 2.05) is 0 Å². The topological polar surface area (TPSA) is 72.5 Å². The fourth-order valence-electron chi connectivity index (χ4n) is 4.41. The Morgan fingerprint density at radius 1 is 1.03 bits per heavy atom. The molecule has 0 spiro atoms. The van der Waals surface area contributed by atoms with Crippen molar-refractivity contribution in [2.75, 3.05) is 6.61 Å². The number of halogens is 3. The highest BCUT2D eigenvalue weighted by Gasteiger charge is 2.68. The average Bonchev–Trinajstić information content (AvgIpc) is 3.01. The molecule has 0 aromatic carbocycles. The van der Waals surface area contributed by atoms with Gasteiger partial charge in [-0.15, -0.1) is 0 Å². The standard InChI is InChI=1S/C21H35F3O7Si/c1-17(2,3)32(8,9)30-14-13-12(27-18(4,5)28-13)10-20(11-26-16(25)21(22,23)24)15(14)29-19(6,7)31-20/h12-15H,10-11H2,1-9H3/t12-,13-,14-,15+,20+/m1/s1. The highest BCUT2D eigenvalue weighted by molar-refractivity contribution is 6.74. The third-order valence-electron chi connectivity index (χ3n) is 6.68. The number of carbonyl (C=O) groups excluding carboxylic acids is 1. The van der Waals surface area contributed by atoms with Crippen LogP contribution in [0.5, 0.6) is 0 Å². The molecule has 3 aliphatic rings. The van der Waals surface area contributed by atoms with E-state index >= 15 is 0 Å². The van der Waals surface area contributed by atoms with Crippen LogP contribution in [-0.2, 0) is 32.9 Å². The van der Waals surface area contributed by atoms with E-state index < -0.39 is 68.7 Å². The molecular weight excluding hydrogens is 449 g/mol. The van der Waals surface area contributed by atoms with Gasteiger partial charge in [0, 0.05) is 6.42 Å². The van der Waals surface area contributed by atoms with Crippen molar-refractivity contribution in [3.8, 4) is 0 Å². The van der Waals surface area contributed by atoms with E-state index in [2.05, 4.69) is 38.6 Å². The molecule has 1 saturated carbocycles. The van der Waals surface area contributed by atoms with Crippen LogP contribution in [0.2, 0.25) is 18.1 Å². The van der Waals surface area contributed by atoms with E-state index in [0.717, 1.165) is 0 Å². The summed E-state index contributed by atoms with van der Waals surface area (Å²) in [4.78, 5) is 11.5. The van der Waals surface area contributed by atoms with Gasteiger partial charge < -0.3 is 28.1 Å². The predicted octanol–water partition coefficient (Wildman–Crippen LogP) is 4.30. The van der Waals surface area contributed by atoms with Gasteiger partial charge in [0.15, 0.2) is 19.9 Å². The molecule has 0 amide bonds. The summed E-state index contributed by atoms with van der Waals surface area (Å²) in [6.45, 7) is 16.7. The van der Waals surface area contributed by atoms with Crippen molar-refractivity contribution in [3.63, 3.8) is 0 Å². The second-order valence-corrected chi connectivity index (χ2v) is 16.1. The SMILES string of the molecule is CC1(C)O[C@H]2[C@@H](O[Si](C)(C)C(C)(C)C)[C@@H]3OC(C)(C)O[C@]3(COC(=O)C(F)(F)F)C[C@H]2O1. The van der Waals surface area contributed by atoms with Crippen LogP contribution in [0, 0.1) is 0 Å². The molecule has 2 aliphatic heterocycles. The van der Waals surface area contributed by atoms with Crippen LogP contribution in [0.1, 0.15) is 54.9 Å². The van der Waals surface area contributed by atoms with Gasteiger partial charge in [-0.25, -0.2) is 4.79 Å². The number of carbonyl (C=O) groups is 1. The number of esters is 1. The van der Waals surface area contributed by atoms with Gasteiger partial charge in [-0.2, -0.15) is 13.2 Å². The Labute approximate surface area is 188 Å². The molecule has 3 fully saturated rings. The fraction of sp³-hybridized carbons (Fsp3) is 0.952. The maximum Gasteiger partial charge on any atom is 0.490 e. The van der Waals surface area contributed by atoms with Crippen molar-refractivity contribution in [2.45, 2.75) is 121 Å². The molecule has 0 aromatic heterocycles. The van der Waals surface area contributed by atoms with E-state index in [-0.39, 0.29) is 11.5 Å². The Bertz CT molecular complexity index is 747. The van der Waals surface area contributed by atoms with E-state index in [0.29, 0.717) is 0 Å². The van der Waals surface area contributed by atoms with Gasteiger partial charge in [0.1, 0.15) is 30.5 Å². The lowest BCUT2D eigenvalue weighted by molar-refractivity contribution is -0.216.